The van der Waals surface area contributed by atoms with E-state index in [9.17, 15) is 9.18 Å². The van der Waals surface area contributed by atoms with Crippen LogP contribution in [0.2, 0.25) is 0 Å². The molecule has 5 heteroatoms. The molecular formula is C19H22FN3O. The van der Waals surface area contributed by atoms with Crippen LogP contribution in [0.4, 0.5) is 9.18 Å². The van der Waals surface area contributed by atoms with Crippen LogP contribution in [0.25, 0.3) is 0 Å². The zero-order valence-electron chi connectivity index (χ0n) is 13.8. The van der Waals surface area contributed by atoms with Crippen molar-refractivity contribution in [3.63, 3.8) is 0 Å². The molecule has 0 unspecified atom stereocenters. The number of carbonyl (C=O) groups is 1. The number of hydrogen-bond donors (Lipinski definition) is 1. The highest BCUT2D eigenvalue weighted by molar-refractivity contribution is 5.74. The Balaban J connectivity index is 1.67. The first-order valence-corrected chi connectivity index (χ1v) is 8.29. The summed E-state index contributed by atoms with van der Waals surface area (Å²) in [4.78, 5) is 18.2. The molecule has 0 bridgehead atoms. The molecule has 1 aromatic carbocycles. The number of nitrogens with zero attached hydrogens (tertiary/aromatic N) is 2. The van der Waals surface area contributed by atoms with Gasteiger partial charge in [-0.05, 0) is 54.2 Å². The number of urea groups is 1. The van der Waals surface area contributed by atoms with Gasteiger partial charge >= 0.3 is 6.03 Å². The third kappa shape index (κ3) is 3.91. The van der Waals surface area contributed by atoms with Crippen molar-refractivity contribution in [3.05, 3.63) is 65.7 Å². The largest absolute Gasteiger partial charge is 0.331 e. The molecule has 0 radical (unpaired) electrons. The normalized spacial score (nSPS) is 15.4. The number of benzene rings is 1. The van der Waals surface area contributed by atoms with Gasteiger partial charge < -0.3 is 10.2 Å². The summed E-state index contributed by atoms with van der Waals surface area (Å²) in [5.74, 6) is 0.168. The van der Waals surface area contributed by atoms with Crippen LogP contribution in [0.1, 0.15) is 36.4 Å². The van der Waals surface area contributed by atoms with Gasteiger partial charge in [-0.15, -0.1) is 0 Å². The Morgan fingerprint density at radius 3 is 2.50 bits per heavy atom. The number of carbonyl (C=O) groups excluding carboxylic acids is 1. The lowest BCUT2D eigenvalue weighted by Crippen LogP contribution is -2.42. The Kier molecular flexibility index (Phi) is 5.08. The van der Waals surface area contributed by atoms with Crippen LogP contribution < -0.4 is 5.32 Å². The minimum Gasteiger partial charge on any atom is -0.331 e. The van der Waals surface area contributed by atoms with E-state index < -0.39 is 0 Å². The van der Waals surface area contributed by atoms with E-state index in [-0.39, 0.29) is 17.9 Å². The molecule has 2 aromatic rings. The van der Waals surface area contributed by atoms with E-state index in [1.54, 1.807) is 36.5 Å². The number of rotatable bonds is 5. The SMILES string of the molecule is CN(Cc1ccncc1)C(=O)N[C@H](c1ccc(F)cc1)C1CCC1. The number of nitrogens with one attached hydrogen (secondary N) is 1. The van der Waals surface area contributed by atoms with Gasteiger partial charge in [-0.2, -0.15) is 0 Å². The van der Waals surface area contributed by atoms with Gasteiger partial charge in [0.15, 0.2) is 0 Å². The summed E-state index contributed by atoms with van der Waals surface area (Å²) >= 11 is 0. The number of halogens is 1. The van der Waals surface area contributed by atoms with Gasteiger partial charge in [-0.25, -0.2) is 9.18 Å². The van der Waals surface area contributed by atoms with Crippen LogP contribution in [0.5, 0.6) is 0 Å². The monoisotopic (exact) mass is 327 g/mol. The number of aromatic nitrogens is 1. The molecule has 1 aromatic heterocycles. The Morgan fingerprint density at radius 1 is 1.25 bits per heavy atom. The van der Waals surface area contributed by atoms with Crippen molar-refractivity contribution in [1.29, 1.82) is 0 Å². The molecule has 0 aliphatic heterocycles. The highest BCUT2D eigenvalue weighted by Gasteiger charge is 2.30. The number of pyridine rings is 1. The summed E-state index contributed by atoms with van der Waals surface area (Å²) in [5.41, 5.74) is 2.00. The molecule has 1 N–H and O–H groups in total. The highest BCUT2D eigenvalue weighted by atomic mass is 19.1. The second-order valence-electron chi connectivity index (χ2n) is 6.38. The summed E-state index contributed by atoms with van der Waals surface area (Å²) in [6.07, 6.45) is 6.81. The molecular weight excluding hydrogens is 305 g/mol. The maximum Gasteiger partial charge on any atom is 0.317 e. The van der Waals surface area contributed by atoms with Crippen LogP contribution in [0.15, 0.2) is 48.8 Å². The molecule has 2 amide bonds. The second-order valence-corrected chi connectivity index (χ2v) is 6.38. The van der Waals surface area contributed by atoms with E-state index in [2.05, 4.69) is 10.3 Å². The number of amides is 2. The molecule has 3 rings (SSSR count). The van der Waals surface area contributed by atoms with Crippen LogP contribution >= 0.6 is 0 Å². The van der Waals surface area contributed by atoms with Gasteiger partial charge in [0, 0.05) is 26.0 Å². The fourth-order valence-electron chi connectivity index (χ4n) is 2.99. The lowest BCUT2D eigenvalue weighted by molar-refractivity contribution is 0.182. The van der Waals surface area contributed by atoms with Crippen LogP contribution in [-0.4, -0.2) is 23.0 Å². The van der Waals surface area contributed by atoms with Crippen molar-refractivity contribution < 1.29 is 9.18 Å². The van der Waals surface area contributed by atoms with Crippen LogP contribution in [-0.2, 0) is 6.54 Å². The topological polar surface area (TPSA) is 45.2 Å². The fraction of sp³-hybridized carbons (Fsp3) is 0.368. The van der Waals surface area contributed by atoms with Gasteiger partial charge in [0.05, 0.1) is 6.04 Å². The molecule has 0 spiro atoms. The summed E-state index contributed by atoms with van der Waals surface area (Å²) in [6.45, 7) is 0.523. The smallest absolute Gasteiger partial charge is 0.317 e. The first-order chi connectivity index (χ1) is 11.6. The standard InChI is InChI=1S/C19H22FN3O/c1-23(13-14-9-11-21-12-10-14)19(24)22-18(15-3-2-4-15)16-5-7-17(20)8-6-16/h5-12,15,18H,2-4,13H2,1H3,(H,22,24)/t18-/m0/s1. The molecule has 1 heterocycles. The van der Waals surface area contributed by atoms with Crippen molar-refractivity contribution >= 4 is 6.03 Å². The molecule has 1 aliphatic carbocycles. The lowest BCUT2D eigenvalue weighted by atomic mass is 9.77. The van der Waals surface area contributed by atoms with Crippen molar-refractivity contribution in [1.82, 2.24) is 15.2 Å². The Morgan fingerprint density at radius 2 is 1.92 bits per heavy atom. The average Bonchev–Trinajstić information content (AvgIpc) is 2.54. The van der Waals surface area contributed by atoms with E-state index in [0.29, 0.717) is 12.5 Å². The molecule has 1 fully saturated rings. The molecule has 4 nitrogen and oxygen atoms in total. The zero-order valence-corrected chi connectivity index (χ0v) is 13.8. The molecule has 24 heavy (non-hydrogen) atoms. The third-order valence-electron chi connectivity index (χ3n) is 4.65. The van der Waals surface area contributed by atoms with Crippen molar-refractivity contribution in [2.45, 2.75) is 31.8 Å². The van der Waals surface area contributed by atoms with E-state index in [0.717, 1.165) is 24.0 Å². The molecule has 1 aliphatic rings. The maximum absolute atomic E-state index is 13.2. The molecule has 0 saturated heterocycles. The summed E-state index contributed by atoms with van der Waals surface area (Å²) < 4.78 is 13.2. The zero-order chi connectivity index (χ0) is 16.9. The van der Waals surface area contributed by atoms with Gasteiger partial charge in [0.25, 0.3) is 0 Å². The highest BCUT2D eigenvalue weighted by Crippen LogP contribution is 2.37. The predicted molar refractivity (Wildman–Crippen MR) is 90.7 cm³/mol. The lowest BCUT2D eigenvalue weighted by Gasteiger charge is -2.35. The van der Waals surface area contributed by atoms with E-state index in [1.807, 2.05) is 12.1 Å². The Labute approximate surface area is 141 Å². The quantitative estimate of drug-likeness (QED) is 0.905. The van der Waals surface area contributed by atoms with Crippen LogP contribution in [0, 0.1) is 11.7 Å². The summed E-state index contributed by atoms with van der Waals surface area (Å²) in [6, 6.07) is 10.0. The average molecular weight is 327 g/mol. The number of hydrogen-bond acceptors (Lipinski definition) is 2. The Bertz CT molecular complexity index is 671. The van der Waals surface area contributed by atoms with Gasteiger partial charge in [-0.3, -0.25) is 4.98 Å². The van der Waals surface area contributed by atoms with Crippen molar-refractivity contribution in [3.8, 4) is 0 Å². The molecule has 126 valence electrons. The van der Waals surface area contributed by atoms with Gasteiger partial charge in [-0.1, -0.05) is 18.6 Å². The predicted octanol–water partition coefficient (Wildman–Crippen LogP) is 3.90. The minimum atomic E-state index is -0.257. The second kappa shape index (κ2) is 7.43. The summed E-state index contributed by atoms with van der Waals surface area (Å²) in [5, 5.41) is 3.12. The first kappa shape index (κ1) is 16.4. The van der Waals surface area contributed by atoms with E-state index in [4.69, 9.17) is 0 Å². The first-order valence-electron chi connectivity index (χ1n) is 8.29. The Hall–Kier alpha value is -2.43. The maximum atomic E-state index is 13.2. The van der Waals surface area contributed by atoms with E-state index in [1.165, 1.54) is 18.6 Å². The van der Waals surface area contributed by atoms with Gasteiger partial charge in [0.2, 0.25) is 0 Å². The third-order valence-corrected chi connectivity index (χ3v) is 4.65. The summed E-state index contributed by atoms with van der Waals surface area (Å²) in [7, 11) is 1.78. The van der Waals surface area contributed by atoms with Gasteiger partial charge in [0.1, 0.15) is 5.82 Å². The van der Waals surface area contributed by atoms with E-state index >= 15 is 0 Å². The minimum absolute atomic E-state index is 0.0632. The fourth-order valence-corrected chi connectivity index (χ4v) is 2.99. The van der Waals surface area contributed by atoms with Crippen LogP contribution in [0.3, 0.4) is 0 Å². The molecule has 1 saturated carbocycles. The van der Waals surface area contributed by atoms with Crippen molar-refractivity contribution in [2.24, 2.45) is 5.92 Å². The molecule has 1 atom stereocenters. The van der Waals surface area contributed by atoms with Crippen molar-refractivity contribution in [2.75, 3.05) is 7.05 Å².